The van der Waals surface area contributed by atoms with Gasteiger partial charge in [0.2, 0.25) is 0 Å². The van der Waals surface area contributed by atoms with Crippen molar-refractivity contribution in [3.05, 3.63) is 34.9 Å². The number of carbonyl (C=O) groups is 2. The second-order valence-corrected chi connectivity index (χ2v) is 4.68. The molecule has 0 aliphatic rings. The van der Waals surface area contributed by atoms with E-state index in [4.69, 9.17) is 5.11 Å². The van der Waals surface area contributed by atoms with Crippen molar-refractivity contribution in [3.8, 4) is 0 Å². The number of nitrogens with one attached hydrogen (secondary N) is 1. The Morgan fingerprint density at radius 2 is 1.79 bits per heavy atom. The number of hydrogen-bond donors (Lipinski definition) is 2. The van der Waals surface area contributed by atoms with Gasteiger partial charge in [0.15, 0.2) is 0 Å². The molecule has 0 fully saturated rings. The molecule has 0 aromatic heterocycles. The molecule has 0 radical (unpaired) electrons. The SMILES string of the molecule is CCC(CC)CNC(=O)c1cccc(C(=O)O)c1C. The highest BCUT2D eigenvalue weighted by Crippen LogP contribution is 2.14. The number of benzene rings is 1. The highest BCUT2D eigenvalue weighted by molar-refractivity contribution is 5.99. The van der Waals surface area contributed by atoms with Crippen molar-refractivity contribution < 1.29 is 14.7 Å². The van der Waals surface area contributed by atoms with Gasteiger partial charge in [0, 0.05) is 12.1 Å². The summed E-state index contributed by atoms with van der Waals surface area (Å²) < 4.78 is 0. The van der Waals surface area contributed by atoms with Crippen LogP contribution in [0.3, 0.4) is 0 Å². The molecule has 1 aromatic rings. The van der Waals surface area contributed by atoms with E-state index in [9.17, 15) is 9.59 Å². The van der Waals surface area contributed by atoms with Gasteiger partial charge in [-0.1, -0.05) is 32.8 Å². The zero-order valence-corrected chi connectivity index (χ0v) is 11.7. The molecule has 0 saturated heterocycles. The fourth-order valence-corrected chi connectivity index (χ4v) is 2.02. The number of aromatic carboxylic acids is 1. The maximum absolute atomic E-state index is 12.1. The van der Waals surface area contributed by atoms with E-state index < -0.39 is 5.97 Å². The first-order valence-electron chi connectivity index (χ1n) is 6.62. The minimum atomic E-state index is -1.01. The molecule has 0 atom stereocenters. The van der Waals surface area contributed by atoms with E-state index in [0.717, 1.165) is 12.8 Å². The van der Waals surface area contributed by atoms with Gasteiger partial charge < -0.3 is 10.4 Å². The van der Waals surface area contributed by atoms with Gasteiger partial charge in [0.05, 0.1) is 5.56 Å². The Bertz CT molecular complexity index is 464. The fraction of sp³-hybridized carbons (Fsp3) is 0.467. The first-order valence-corrected chi connectivity index (χ1v) is 6.62. The van der Waals surface area contributed by atoms with Gasteiger partial charge in [0.25, 0.3) is 5.91 Å². The maximum atomic E-state index is 12.1. The van der Waals surface area contributed by atoms with Gasteiger partial charge in [0.1, 0.15) is 0 Å². The third-order valence-electron chi connectivity index (χ3n) is 3.51. The third-order valence-corrected chi connectivity index (χ3v) is 3.51. The Balaban J connectivity index is 2.83. The molecule has 19 heavy (non-hydrogen) atoms. The summed E-state index contributed by atoms with van der Waals surface area (Å²) in [7, 11) is 0. The molecular formula is C15H21NO3. The number of carboxylic acid groups (broad SMARTS) is 1. The molecule has 0 unspecified atom stereocenters. The van der Waals surface area contributed by atoms with Gasteiger partial charge in [-0.05, 0) is 30.5 Å². The quantitative estimate of drug-likeness (QED) is 0.829. The minimum Gasteiger partial charge on any atom is -0.478 e. The van der Waals surface area contributed by atoms with Gasteiger partial charge >= 0.3 is 5.97 Å². The smallest absolute Gasteiger partial charge is 0.335 e. The summed E-state index contributed by atoms with van der Waals surface area (Å²) in [5.41, 5.74) is 1.12. The van der Waals surface area contributed by atoms with Crippen LogP contribution in [0.4, 0.5) is 0 Å². The van der Waals surface area contributed by atoms with Crippen LogP contribution in [-0.4, -0.2) is 23.5 Å². The van der Waals surface area contributed by atoms with E-state index in [-0.39, 0.29) is 11.5 Å². The zero-order chi connectivity index (χ0) is 14.4. The average molecular weight is 263 g/mol. The summed E-state index contributed by atoms with van der Waals surface area (Å²) in [5.74, 6) is -0.744. The molecule has 0 heterocycles. The highest BCUT2D eigenvalue weighted by Gasteiger charge is 2.15. The van der Waals surface area contributed by atoms with Crippen LogP contribution < -0.4 is 5.32 Å². The van der Waals surface area contributed by atoms with E-state index >= 15 is 0 Å². The molecule has 1 amide bonds. The molecule has 0 spiro atoms. The van der Waals surface area contributed by atoms with Gasteiger partial charge in [-0.3, -0.25) is 4.79 Å². The van der Waals surface area contributed by atoms with Crippen LogP contribution in [-0.2, 0) is 0 Å². The van der Waals surface area contributed by atoms with Crippen LogP contribution in [0.15, 0.2) is 18.2 Å². The average Bonchev–Trinajstić information content (AvgIpc) is 2.39. The number of hydrogen-bond acceptors (Lipinski definition) is 2. The largest absolute Gasteiger partial charge is 0.478 e. The van der Waals surface area contributed by atoms with Crippen LogP contribution >= 0.6 is 0 Å². The minimum absolute atomic E-state index is 0.176. The summed E-state index contributed by atoms with van der Waals surface area (Å²) in [4.78, 5) is 23.1. The Morgan fingerprint density at radius 3 is 2.32 bits per heavy atom. The molecule has 0 saturated carbocycles. The molecule has 0 aliphatic heterocycles. The lowest BCUT2D eigenvalue weighted by Gasteiger charge is -2.14. The van der Waals surface area contributed by atoms with Crippen LogP contribution in [0.1, 0.15) is 53.0 Å². The first-order chi connectivity index (χ1) is 9.01. The molecule has 1 aromatic carbocycles. The summed E-state index contributed by atoms with van der Waals surface area (Å²) >= 11 is 0. The van der Waals surface area contributed by atoms with E-state index in [1.165, 1.54) is 6.07 Å². The normalized spacial score (nSPS) is 10.5. The Hall–Kier alpha value is -1.84. The van der Waals surface area contributed by atoms with Crippen molar-refractivity contribution in [1.82, 2.24) is 5.32 Å². The lowest BCUT2D eigenvalue weighted by molar-refractivity contribution is 0.0696. The van der Waals surface area contributed by atoms with Crippen LogP contribution in [0.25, 0.3) is 0 Å². The summed E-state index contributed by atoms with van der Waals surface area (Å²) in [6, 6.07) is 4.77. The second-order valence-electron chi connectivity index (χ2n) is 4.68. The molecule has 1 rings (SSSR count). The fourth-order valence-electron chi connectivity index (χ4n) is 2.02. The maximum Gasteiger partial charge on any atom is 0.335 e. The number of rotatable bonds is 6. The van der Waals surface area contributed by atoms with Crippen LogP contribution in [0.5, 0.6) is 0 Å². The van der Waals surface area contributed by atoms with E-state index in [1.54, 1.807) is 19.1 Å². The number of carboxylic acids is 1. The number of carbonyl (C=O) groups excluding carboxylic acids is 1. The van der Waals surface area contributed by atoms with Crippen molar-refractivity contribution in [2.24, 2.45) is 5.92 Å². The van der Waals surface area contributed by atoms with E-state index in [0.29, 0.717) is 23.6 Å². The van der Waals surface area contributed by atoms with E-state index in [1.807, 2.05) is 0 Å². The standard InChI is InChI=1S/C15H21NO3/c1-4-11(5-2)9-16-14(17)12-7-6-8-13(10(12)3)15(18)19/h6-8,11H,4-5,9H2,1-3H3,(H,16,17)(H,18,19). The van der Waals surface area contributed by atoms with Crippen molar-refractivity contribution in [3.63, 3.8) is 0 Å². The van der Waals surface area contributed by atoms with E-state index in [2.05, 4.69) is 19.2 Å². The Kier molecular flexibility index (Phi) is 5.55. The highest BCUT2D eigenvalue weighted by atomic mass is 16.4. The molecule has 4 heteroatoms. The summed E-state index contributed by atoms with van der Waals surface area (Å²) in [6.45, 7) is 6.48. The topological polar surface area (TPSA) is 66.4 Å². The van der Waals surface area contributed by atoms with Crippen LogP contribution in [0.2, 0.25) is 0 Å². The van der Waals surface area contributed by atoms with Gasteiger partial charge in [-0.25, -0.2) is 4.79 Å². The van der Waals surface area contributed by atoms with Gasteiger partial charge in [-0.15, -0.1) is 0 Å². The predicted octanol–water partition coefficient (Wildman–Crippen LogP) is 2.86. The summed E-state index contributed by atoms with van der Waals surface area (Å²) in [6.07, 6.45) is 2.04. The summed E-state index contributed by atoms with van der Waals surface area (Å²) in [5, 5.41) is 11.9. The Labute approximate surface area is 113 Å². The number of amides is 1. The van der Waals surface area contributed by atoms with Gasteiger partial charge in [-0.2, -0.15) is 0 Å². The monoisotopic (exact) mass is 263 g/mol. The molecule has 104 valence electrons. The molecular weight excluding hydrogens is 242 g/mol. The lowest BCUT2D eigenvalue weighted by Crippen LogP contribution is -2.29. The molecule has 2 N–H and O–H groups in total. The third kappa shape index (κ3) is 3.81. The molecule has 0 aliphatic carbocycles. The lowest BCUT2D eigenvalue weighted by atomic mass is 10.0. The van der Waals surface area contributed by atoms with Crippen molar-refractivity contribution in [2.45, 2.75) is 33.6 Å². The van der Waals surface area contributed by atoms with Crippen LogP contribution in [0, 0.1) is 12.8 Å². The zero-order valence-electron chi connectivity index (χ0n) is 11.7. The molecule has 0 bridgehead atoms. The van der Waals surface area contributed by atoms with Crippen molar-refractivity contribution in [2.75, 3.05) is 6.54 Å². The predicted molar refractivity (Wildman–Crippen MR) is 74.5 cm³/mol. The molecule has 4 nitrogen and oxygen atoms in total. The second kappa shape index (κ2) is 6.92. The van der Waals surface area contributed by atoms with Crippen molar-refractivity contribution in [1.29, 1.82) is 0 Å². The van der Waals surface area contributed by atoms with Crippen molar-refractivity contribution >= 4 is 11.9 Å². The Morgan fingerprint density at radius 1 is 1.21 bits per heavy atom. The first kappa shape index (κ1) is 15.2.